The Labute approximate surface area is 233 Å². The predicted molar refractivity (Wildman–Crippen MR) is 149 cm³/mol. The van der Waals surface area contributed by atoms with E-state index in [2.05, 4.69) is 22.1 Å². The Morgan fingerprint density at radius 3 is 2.64 bits per heavy atom. The van der Waals surface area contributed by atoms with Crippen molar-refractivity contribution in [3.05, 3.63) is 52.6 Å². The minimum absolute atomic E-state index is 0.0351. The van der Waals surface area contributed by atoms with Gasteiger partial charge in [0.1, 0.15) is 11.6 Å². The zero-order valence-corrected chi connectivity index (χ0v) is 24.3. The molecule has 4 rings (SSSR count). The highest BCUT2D eigenvalue weighted by Crippen LogP contribution is 2.41. The number of ether oxygens (including phenoxy) is 1. The Bertz CT molecular complexity index is 1430. The molecule has 1 aliphatic rings. The molecule has 0 aliphatic heterocycles. The van der Waals surface area contributed by atoms with Crippen LogP contribution in [0.25, 0.3) is 11.5 Å². The molecule has 2 heterocycles. The summed E-state index contributed by atoms with van der Waals surface area (Å²) in [4.78, 5) is 6.69. The summed E-state index contributed by atoms with van der Waals surface area (Å²) in [5.74, 6) is 1.45. The van der Waals surface area contributed by atoms with Gasteiger partial charge < -0.3 is 19.8 Å². The van der Waals surface area contributed by atoms with Crippen LogP contribution < -0.4 is 14.9 Å². The van der Waals surface area contributed by atoms with Gasteiger partial charge in [0.2, 0.25) is 21.8 Å². The Balaban J connectivity index is 1.76. The van der Waals surface area contributed by atoms with E-state index in [1.54, 1.807) is 32.2 Å². The minimum atomic E-state index is -3.69. The summed E-state index contributed by atoms with van der Waals surface area (Å²) >= 11 is 6.72. The highest BCUT2D eigenvalue weighted by Gasteiger charge is 2.35. The number of anilines is 2. The largest absolute Gasteiger partial charge is 0.419 e. The normalized spacial score (nSPS) is 18.6. The fourth-order valence-electron chi connectivity index (χ4n) is 4.33. The van der Waals surface area contributed by atoms with E-state index in [0.717, 1.165) is 23.5 Å². The van der Waals surface area contributed by atoms with Crippen molar-refractivity contribution >= 4 is 33.3 Å². The molecule has 39 heavy (non-hydrogen) atoms. The lowest BCUT2D eigenvalue weighted by Gasteiger charge is -2.26. The number of aromatic nitrogens is 3. The topological polar surface area (TPSA) is 128 Å². The molecule has 2 N–H and O–H groups in total. The van der Waals surface area contributed by atoms with Crippen molar-refractivity contribution in [3.63, 3.8) is 0 Å². The summed E-state index contributed by atoms with van der Waals surface area (Å²) in [5.41, 5.74) is 6.40. The third kappa shape index (κ3) is 6.86. The van der Waals surface area contributed by atoms with Gasteiger partial charge in [-0.25, -0.2) is 17.8 Å². The van der Waals surface area contributed by atoms with E-state index in [0.29, 0.717) is 41.9 Å². The van der Waals surface area contributed by atoms with Crippen LogP contribution in [0.3, 0.4) is 0 Å². The minimum Gasteiger partial charge on any atom is -0.419 e. The molecule has 212 valence electrons. The zero-order chi connectivity index (χ0) is 28.5. The molecule has 0 bridgehead atoms. The van der Waals surface area contributed by atoms with Crippen LogP contribution in [-0.4, -0.2) is 63.7 Å². The predicted octanol–water partition coefficient (Wildman–Crippen LogP) is 3.85. The lowest BCUT2D eigenvalue weighted by Crippen LogP contribution is -2.36. The van der Waals surface area contributed by atoms with Crippen LogP contribution >= 0.6 is 11.6 Å². The monoisotopic (exact) mass is 580 g/mol. The molecular formula is C26H34ClFN6O4S. The maximum absolute atomic E-state index is 13.7. The zero-order valence-electron chi connectivity index (χ0n) is 22.7. The van der Waals surface area contributed by atoms with Gasteiger partial charge in [0, 0.05) is 27.2 Å². The van der Waals surface area contributed by atoms with Gasteiger partial charge in [-0.1, -0.05) is 30.7 Å². The molecule has 0 spiro atoms. The second-order valence-electron chi connectivity index (χ2n) is 10.4. The summed E-state index contributed by atoms with van der Waals surface area (Å²) in [5, 5.41) is 8.39. The quantitative estimate of drug-likeness (QED) is 0.340. The van der Waals surface area contributed by atoms with Crippen molar-refractivity contribution < 1.29 is 22.0 Å². The van der Waals surface area contributed by atoms with Gasteiger partial charge in [0.25, 0.3) is 0 Å². The fourth-order valence-corrected chi connectivity index (χ4v) is 5.13. The molecule has 3 atom stereocenters. The lowest BCUT2D eigenvalue weighted by molar-refractivity contribution is 0.204. The number of hydrogen-bond acceptors (Lipinski definition) is 9. The van der Waals surface area contributed by atoms with Gasteiger partial charge >= 0.3 is 0 Å². The molecule has 1 saturated carbocycles. The number of nitrogens with two attached hydrogens (primary N) is 1. The Kier molecular flexibility index (Phi) is 8.50. The molecule has 0 unspecified atom stereocenters. The van der Waals surface area contributed by atoms with Gasteiger partial charge in [-0.15, -0.1) is 10.2 Å². The van der Waals surface area contributed by atoms with Crippen LogP contribution in [0, 0.1) is 17.7 Å². The van der Waals surface area contributed by atoms with Crippen molar-refractivity contribution in [2.24, 2.45) is 17.6 Å². The van der Waals surface area contributed by atoms with Gasteiger partial charge in [0.05, 0.1) is 29.0 Å². The van der Waals surface area contributed by atoms with Crippen LogP contribution in [-0.2, 0) is 26.7 Å². The highest BCUT2D eigenvalue weighted by atomic mass is 35.5. The highest BCUT2D eigenvalue weighted by molar-refractivity contribution is 7.92. The second-order valence-corrected chi connectivity index (χ2v) is 12.8. The standard InChI is InChI=1S/C26H34ClFN6O4S/c1-16-11-18(16)15-34(9-10-37-4)21-13-20(22(27)23(30-21)33(3)39(5,35)36)24-31-32-25(38-24)26(2,29)14-17-7-6-8-19(28)12-17/h6-8,12-13,16,18H,9-11,14-15,29H2,1-5H3/t16-,18+,26+/m0/s1. The number of methoxy groups -OCH3 is 1. The van der Waals surface area contributed by atoms with E-state index in [1.165, 1.54) is 19.2 Å². The molecule has 3 aromatic rings. The molecule has 10 nitrogen and oxygen atoms in total. The van der Waals surface area contributed by atoms with E-state index in [-0.39, 0.29) is 34.9 Å². The number of pyridine rings is 1. The SMILES string of the molecule is COCCN(C[C@H]1C[C@@H]1C)c1cc(-c2nnc([C@](C)(N)Cc3cccc(F)c3)o2)c(Cl)c(N(C)S(C)(=O)=O)n1. The summed E-state index contributed by atoms with van der Waals surface area (Å²) in [6.07, 6.45) is 2.42. The maximum atomic E-state index is 13.7. The summed E-state index contributed by atoms with van der Waals surface area (Å²) in [7, 11) is -0.683. The van der Waals surface area contributed by atoms with Crippen molar-refractivity contribution in [2.75, 3.05) is 49.3 Å². The van der Waals surface area contributed by atoms with E-state index in [9.17, 15) is 12.8 Å². The first kappa shape index (κ1) is 29.2. The summed E-state index contributed by atoms with van der Waals surface area (Å²) in [6.45, 7) is 5.62. The number of benzene rings is 1. The number of sulfonamides is 1. The third-order valence-electron chi connectivity index (χ3n) is 6.95. The van der Waals surface area contributed by atoms with Gasteiger partial charge in [0.15, 0.2) is 5.82 Å². The number of hydrogen-bond donors (Lipinski definition) is 1. The van der Waals surface area contributed by atoms with Crippen LogP contribution in [0.1, 0.15) is 31.7 Å². The average Bonchev–Trinajstić information content (AvgIpc) is 3.32. The maximum Gasteiger partial charge on any atom is 0.249 e. The molecule has 1 aliphatic carbocycles. The molecule has 1 fully saturated rings. The van der Waals surface area contributed by atoms with Gasteiger partial charge in [-0.2, -0.15) is 0 Å². The first-order valence-electron chi connectivity index (χ1n) is 12.6. The fraction of sp³-hybridized carbons (Fsp3) is 0.500. The van der Waals surface area contributed by atoms with Crippen molar-refractivity contribution in [2.45, 2.75) is 32.2 Å². The van der Waals surface area contributed by atoms with E-state index >= 15 is 0 Å². The van der Waals surface area contributed by atoms with Crippen molar-refractivity contribution in [3.8, 4) is 11.5 Å². The first-order valence-corrected chi connectivity index (χ1v) is 14.8. The van der Waals surface area contributed by atoms with Crippen LogP contribution in [0.4, 0.5) is 16.0 Å². The van der Waals surface area contributed by atoms with Crippen LogP contribution in [0.2, 0.25) is 5.02 Å². The third-order valence-corrected chi connectivity index (χ3v) is 8.49. The summed E-state index contributed by atoms with van der Waals surface area (Å²) < 4.78 is 50.9. The number of rotatable bonds is 12. The van der Waals surface area contributed by atoms with Crippen LogP contribution in [0.5, 0.6) is 0 Å². The van der Waals surface area contributed by atoms with E-state index < -0.39 is 15.6 Å². The molecule has 1 aromatic carbocycles. The first-order chi connectivity index (χ1) is 18.3. The Hall–Kier alpha value is -2.80. The Morgan fingerprint density at radius 1 is 1.31 bits per heavy atom. The van der Waals surface area contributed by atoms with E-state index in [4.69, 9.17) is 26.5 Å². The van der Waals surface area contributed by atoms with Crippen molar-refractivity contribution in [1.82, 2.24) is 15.2 Å². The van der Waals surface area contributed by atoms with Gasteiger partial charge in [-0.05, 0) is 55.4 Å². The van der Waals surface area contributed by atoms with Crippen molar-refractivity contribution in [1.29, 1.82) is 0 Å². The number of halogens is 2. The molecule has 0 saturated heterocycles. The molecule has 13 heteroatoms. The van der Waals surface area contributed by atoms with E-state index in [1.807, 2.05) is 4.90 Å². The average molecular weight is 581 g/mol. The Morgan fingerprint density at radius 2 is 2.03 bits per heavy atom. The number of nitrogens with zero attached hydrogens (tertiary/aromatic N) is 5. The van der Waals surface area contributed by atoms with Crippen LogP contribution in [0.15, 0.2) is 34.7 Å². The second kappa shape index (κ2) is 11.4. The molecule has 2 aromatic heterocycles. The smallest absolute Gasteiger partial charge is 0.249 e. The molecular weight excluding hydrogens is 547 g/mol. The van der Waals surface area contributed by atoms with Gasteiger partial charge in [-0.3, -0.25) is 4.31 Å². The lowest BCUT2D eigenvalue weighted by atomic mass is 9.94. The molecule has 0 amide bonds. The summed E-state index contributed by atoms with van der Waals surface area (Å²) in [6, 6.07) is 7.84. The molecule has 0 radical (unpaired) electrons.